The standard InChI is InChI=1S/C15H13ClN2S/c1-2-4-10-6-7-12-11(9-10)14(16)18-15(17-12)13-5-3-8-19-13/h3,5-9H,2,4H2,1H3. The molecule has 0 spiro atoms. The molecule has 19 heavy (non-hydrogen) atoms. The summed E-state index contributed by atoms with van der Waals surface area (Å²) in [6, 6.07) is 10.2. The van der Waals surface area contributed by atoms with Gasteiger partial charge in [-0.2, -0.15) is 0 Å². The molecule has 0 saturated heterocycles. The van der Waals surface area contributed by atoms with Gasteiger partial charge in [0.15, 0.2) is 5.82 Å². The van der Waals surface area contributed by atoms with Crippen LogP contribution < -0.4 is 0 Å². The summed E-state index contributed by atoms with van der Waals surface area (Å²) >= 11 is 7.93. The van der Waals surface area contributed by atoms with E-state index in [2.05, 4.69) is 29.0 Å². The highest BCUT2D eigenvalue weighted by molar-refractivity contribution is 7.13. The van der Waals surface area contributed by atoms with Crippen molar-refractivity contribution in [1.29, 1.82) is 0 Å². The van der Waals surface area contributed by atoms with Crippen LogP contribution in [-0.2, 0) is 6.42 Å². The second-order valence-electron chi connectivity index (χ2n) is 4.42. The minimum absolute atomic E-state index is 0.534. The van der Waals surface area contributed by atoms with E-state index in [4.69, 9.17) is 11.6 Å². The quantitative estimate of drug-likeness (QED) is 0.636. The number of aromatic nitrogens is 2. The van der Waals surface area contributed by atoms with Crippen LogP contribution in [-0.4, -0.2) is 9.97 Å². The summed E-state index contributed by atoms with van der Waals surface area (Å²) in [5.74, 6) is 0.704. The molecule has 3 rings (SSSR count). The van der Waals surface area contributed by atoms with Crippen molar-refractivity contribution in [3.63, 3.8) is 0 Å². The molecule has 0 fully saturated rings. The van der Waals surface area contributed by atoms with E-state index < -0.39 is 0 Å². The molecule has 0 aliphatic carbocycles. The molecule has 0 saturated carbocycles. The molecule has 0 atom stereocenters. The van der Waals surface area contributed by atoms with Crippen molar-refractivity contribution in [3.8, 4) is 10.7 Å². The lowest BCUT2D eigenvalue weighted by Crippen LogP contribution is -1.92. The summed E-state index contributed by atoms with van der Waals surface area (Å²) in [4.78, 5) is 10.0. The first-order valence-corrected chi connectivity index (χ1v) is 7.53. The third kappa shape index (κ3) is 2.48. The lowest BCUT2D eigenvalue weighted by Gasteiger charge is -2.05. The van der Waals surface area contributed by atoms with E-state index in [-0.39, 0.29) is 0 Å². The van der Waals surface area contributed by atoms with Crippen molar-refractivity contribution in [2.45, 2.75) is 19.8 Å². The van der Waals surface area contributed by atoms with E-state index in [0.717, 1.165) is 28.6 Å². The fourth-order valence-corrected chi connectivity index (χ4v) is 2.99. The van der Waals surface area contributed by atoms with E-state index in [1.165, 1.54) is 5.56 Å². The third-order valence-electron chi connectivity index (χ3n) is 2.99. The van der Waals surface area contributed by atoms with Gasteiger partial charge in [0.2, 0.25) is 0 Å². The molecule has 0 bridgehead atoms. The van der Waals surface area contributed by atoms with Crippen LogP contribution in [0.3, 0.4) is 0 Å². The Labute approximate surface area is 121 Å². The lowest BCUT2D eigenvalue weighted by molar-refractivity contribution is 0.923. The number of hydrogen-bond acceptors (Lipinski definition) is 3. The van der Waals surface area contributed by atoms with Gasteiger partial charge < -0.3 is 0 Å². The summed E-state index contributed by atoms with van der Waals surface area (Å²) in [7, 11) is 0. The van der Waals surface area contributed by atoms with Crippen LogP contribution >= 0.6 is 22.9 Å². The van der Waals surface area contributed by atoms with E-state index in [1.54, 1.807) is 11.3 Å². The van der Waals surface area contributed by atoms with Crippen LogP contribution in [0.4, 0.5) is 0 Å². The van der Waals surface area contributed by atoms with Crippen LogP contribution in [0.5, 0.6) is 0 Å². The van der Waals surface area contributed by atoms with Crippen LogP contribution in [0.2, 0.25) is 5.15 Å². The van der Waals surface area contributed by atoms with Gasteiger partial charge in [0, 0.05) is 5.39 Å². The number of nitrogens with zero attached hydrogens (tertiary/aromatic N) is 2. The zero-order valence-corrected chi connectivity index (χ0v) is 12.1. The van der Waals surface area contributed by atoms with Crippen molar-refractivity contribution in [3.05, 3.63) is 46.4 Å². The molecule has 0 aliphatic heterocycles. The highest BCUT2D eigenvalue weighted by Crippen LogP contribution is 2.28. The number of halogens is 1. The Morgan fingerprint density at radius 1 is 1.21 bits per heavy atom. The molecule has 0 N–H and O–H groups in total. The topological polar surface area (TPSA) is 25.8 Å². The van der Waals surface area contributed by atoms with E-state index in [9.17, 15) is 0 Å². The SMILES string of the molecule is CCCc1ccc2nc(-c3cccs3)nc(Cl)c2c1. The number of hydrogen-bond donors (Lipinski definition) is 0. The van der Waals surface area contributed by atoms with Crippen molar-refractivity contribution < 1.29 is 0 Å². The number of aryl methyl sites for hydroxylation is 1. The maximum absolute atomic E-state index is 6.30. The minimum atomic E-state index is 0.534. The minimum Gasteiger partial charge on any atom is -0.227 e. The van der Waals surface area contributed by atoms with Crippen molar-refractivity contribution >= 4 is 33.8 Å². The molecule has 2 aromatic heterocycles. The fraction of sp³-hybridized carbons (Fsp3) is 0.200. The van der Waals surface area contributed by atoms with Crippen LogP contribution in [0.25, 0.3) is 21.6 Å². The Morgan fingerprint density at radius 3 is 2.84 bits per heavy atom. The summed E-state index contributed by atoms with van der Waals surface area (Å²) < 4.78 is 0. The van der Waals surface area contributed by atoms with E-state index in [0.29, 0.717) is 11.0 Å². The second kappa shape index (κ2) is 5.27. The molecular formula is C15H13ClN2S. The van der Waals surface area contributed by atoms with Gasteiger partial charge in [0.1, 0.15) is 5.15 Å². The van der Waals surface area contributed by atoms with Crippen LogP contribution in [0, 0.1) is 0 Å². The maximum atomic E-state index is 6.30. The summed E-state index contributed by atoms with van der Waals surface area (Å²) in [6.07, 6.45) is 2.18. The molecule has 0 aliphatic rings. The van der Waals surface area contributed by atoms with Gasteiger partial charge in [-0.15, -0.1) is 11.3 Å². The molecular weight excluding hydrogens is 276 g/mol. The van der Waals surface area contributed by atoms with Crippen molar-refractivity contribution in [2.24, 2.45) is 0 Å². The molecule has 3 aromatic rings. The van der Waals surface area contributed by atoms with Crippen molar-refractivity contribution in [2.75, 3.05) is 0 Å². The molecule has 4 heteroatoms. The molecule has 2 heterocycles. The van der Waals surface area contributed by atoms with E-state index in [1.807, 2.05) is 23.6 Å². The van der Waals surface area contributed by atoms with Gasteiger partial charge in [0.25, 0.3) is 0 Å². The monoisotopic (exact) mass is 288 g/mol. The lowest BCUT2D eigenvalue weighted by atomic mass is 10.1. The first-order chi connectivity index (χ1) is 9.28. The predicted octanol–water partition coefficient (Wildman–Crippen LogP) is 4.96. The van der Waals surface area contributed by atoms with Gasteiger partial charge in [-0.3, -0.25) is 0 Å². The largest absolute Gasteiger partial charge is 0.227 e. The Kier molecular flexibility index (Phi) is 3.49. The highest BCUT2D eigenvalue weighted by Gasteiger charge is 2.09. The number of fused-ring (bicyclic) bond motifs is 1. The summed E-state index contributed by atoms with van der Waals surface area (Å²) in [6.45, 7) is 2.17. The van der Waals surface area contributed by atoms with Gasteiger partial charge in [-0.1, -0.05) is 37.1 Å². The molecule has 0 radical (unpaired) electrons. The average molecular weight is 289 g/mol. The first kappa shape index (κ1) is 12.6. The zero-order chi connectivity index (χ0) is 13.2. The molecule has 96 valence electrons. The summed E-state index contributed by atoms with van der Waals surface area (Å²) in [5, 5.41) is 3.49. The number of thiophene rings is 1. The van der Waals surface area contributed by atoms with E-state index >= 15 is 0 Å². The first-order valence-electron chi connectivity index (χ1n) is 6.28. The highest BCUT2D eigenvalue weighted by atomic mass is 35.5. The fourth-order valence-electron chi connectivity index (χ4n) is 2.10. The summed E-state index contributed by atoms with van der Waals surface area (Å²) in [5.41, 5.74) is 2.19. The van der Waals surface area contributed by atoms with Crippen molar-refractivity contribution in [1.82, 2.24) is 9.97 Å². The Balaban J connectivity index is 2.14. The Morgan fingerprint density at radius 2 is 2.11 bits per heavy atom. The number of rotatable bonds is 3. The molecule has 2 nitrogen and oxygen atoms in total. The zero-order valence-electron chi connectivity index (χ0n) is 10.6. The average Bonchev–Trinajstić information content (AvgIpc) is 2.93. The molecule has 0 amide bonds. The molecule has 1 aromatic carbocycles. The normalized spacial score (nSPS) is 11.1. The second-order valence-corrected chi connectivity index (χ2v) is 5.72. The molecule has 0 unspecified atom stereocenters. The maximum Gasteiger partial charge on any atom is 0.171 e. The Hall–Kier alpha value is -1.45. The van der Waals surface area contributed by atoms with Gasteiger partial charge in [0.05, 0.1) is 10.4 Å². The third-order valence-corrected chi connectivity index (χ3v) is 4.15. The smallest absolute Gasteiger partial charge is 0.171 e. The van der Waals surface area contributed by atoms with Crippen LogP contribution in [0.1, 0.15) is 18.9 Å². The predicted molar refractivity (Wildman–Crippen MR) is 81.9 cm³/mol. The van der Waals surface area contributed by atoms with Gasteiger partial charge in [-0.05, 0) is 35.6 Å². The van der Waals surface area contributed by atoms with Crippen LogP contribution in [0.15, 0.2) is 35.7 Å². The van der Waals surface area contributed by atoms with Gasteiger partial charge >= 0.3 is 0 Å². The number of benzene rings is 1. The van der Waals surface area contributed by atoms with Gasteiger partial charge in [-0.25, -0.2) is 9.97 Å². The Bertz CT molecular complexity index is 707.